The molecule has 1 aliphatic heterocycles. The summed E-state index contributed by atoms with van der Waals surface area (Å²) in [5, 5.41) is 0. The molecule has 2 unspecified atom stereocenters. The van der Waals surface area contributed by atoms with Gasteiger partial charge in [-0.3, -0.25) is 4.90 Å². The Morgan fingerprint density at radius 1 is 1.58 bits per heavy atom. The first-order valence-electron chi connectivity index (χ1n) is 4.18. The molecule has 12 heavy (non-hydrogen) atoms. The standard InChI is InChI=1S/C8H17NO2S/c1-9-5-4-8(10-2)7(9)6-11-12-3/h7-8H,4-6H2,1-3H3. The third kappa shape index (κ3) is 2.36. The third-order valence-electron chi connectivity index (χ3n) is 2.42. The lowest BCUT2D eigenvalue weighted by atomic mass is 10.2. The zero-order valence-corrected chi connectivity index (χ0v) is 8.76. The number of ether oxygens (including phenoxy) is 1. The summed E-state index contributed by atoms with van der Waals surface area (Å²) >= 11 is 1.42. The first kappa shape index (κ1) is 10.3. The molecule has 0 N–H and O–H groups in total. The van der Waals surface area contributed by atoms with Crippen LogP contribution in [0.2, 0.25) is 0 Å². The molecule has 0 bridgehead atoms. The normalized spacial score (nSPS) is 31.2. The number of hydrogen-bond donors (Lipinski definition) is 0. The van der Waals surface area contributed by atoms with Gasteiger partial charge in [-0.15, -0.1) is 0 Å². The van der Waals surface area contributed by atoms with Crippen LogP contribution in [0.5, 0.6) is 0 Å². The van der Waals surface area contributed by atoms with E-state index in [1.807, 2.05) is 6.26 Å². The molecule has 1 heterocycles. The molecule has 4 heteroatoms. The van der Waals surface area contributed by atoms with Gasteiger partial charge in [-0.2, -0.15) is 0 Å². The Bertz CT molecular complexity index is 134. The summed E-state index contributed by atoms with van der Waals surface area (Å²) in [5.74, 6) is 0. The number of likely N-dealkylation sites (N-methyl/N-ethyl adjacent to an activating group) is 1. The fraction of sp³-hybridized carbons (Fsp3) is 1.00. The second-order valence-corrected chi connectivity index (χ2v) is 3.63. The van der Waals surface area contributed by atoms with Crippen molar-refractivity contribution >= 4 is 12.0 Å². The summed E-state index contributed by atoms with van der Waals surface area (Å²) in [4.78, 5) is 2.30. The van der Waals surface area contributed by atoms with Crippen molar-refractivity contribution in [3.05, 3.63) is 0 Å². The number of hydrogen-bond acceptors (Lipinski definition) is 4. The van der Waals surface area contributed by atoms with E-state index in [0.717, 1.165) is 19.6 Å². The van der Waals surface area contributed by atoms with Gasteiger partial charge in [0.1, 0.15) is 0 Å². The van der Waals surface area contributed by atoms with Crippen molar-refractivity contribution in [2.75, 3.05) is 33.6 Å². The van der Waals surface area contributed by atoms with Gasteiger partial charge in [-0.05, 0) is 25.5 Å². The lowest BCUT2D eigenvalue weighted by Gasteiger charge is -2.22. The molecule has 0 spiro atoms. The predicted octanol–water partition coefficient (Wildman–Crippen LogP) is 1.00. The van der Waals surface area contributed by atoms with Crippen LogP contribution >= 0.6 is 12.0 Å². The van der Waals surface area contributed by atoms with Gasteiger partial charge >= 0.3 is 0 Å². The maximum atomic E-state index is 5.36. The minimum absolute atomic E-state index is 0.349. The molecule has 0 amide bonds. The van der Waals surface area contributed by atoms with E-state index in [-0.39, 0.29) is 0 Å². The second-order valence-electron chi connectivity index (χ2n) is 3.06. The highest BCUT2D eigenvalue weighted by molar-refractivity contribution is 7.93. The van der Waals surface area contributed by atoms with Crippen molar-refractivity contribution in [2.24, 2.45) is 0 Å². The molecular weight excluding hydrogens is 174 g/mol. The lowest BCUT2D eigenvalue weighted by Crippen LogP contribution is -2.36. The molecule has 1 fully saturated rings. The van der Waals surface area contributed by atoms with Gasteiger partial charge in [-0.25, -0.2) is 0 Å². The largest absolute Gasteiger partial charge is 0.380 e. The van der Waals surface area contributed by atoms with Crippen LogP contribution in [0.3, 0.4) is 0 Å². The fourth-order valence-electron chi connectivity index (χ4n) is 1.62. The Morgan fingerprint density at radius 2 is 2.33 bits per heavy atom. The summed E-state index contributed by atoms with van der Waals surface area (Å²) in [5.41, 5.74) is 0. The first-order chi connectivity index (χ1) is 5.79. The number of likely N-dealkylation sites (tertiary alicyclic amines) is 1. The van der Waals surface area contributed by atoms with Gasteiger partial charge in [-0.1, -0.05) is 0 Å². The van der Waals surface area contributed by atoms with Crippen LogP contribution in [0.25, 0.3) is 0 Å². The fourth-order valence-corrected chi connectivity index (χ4v) is 1.90. The number of rotatable bonds is 4. The molecule has 0 aliphatic carbocycles. The quantitative estimate of drug-likeness (QED) is 0.618. The Labute approximate surface area is 78.6 Å². The van der Waals surface area contributed by atoms with Crippen LogP contribution in [0.4, 0.5) is 0 Å². The molecule has 0 aromatic heterocycles. The molecule has 1 rings (SSSR count). The molecule has 0 aromatic rings. The average molecular weight is 191 g/mol. The summed E-state index contributed by atoms with van der Waals surface area (Å²) in [6.45, 7) is 1.87. The van der Waals surface area contributed by atoms with Crippen LogP contribution in [0.1, 0.15) is 6.42 Å². The minimum atomic E-state index is 0.349. The zero-order valence-electron chi connectivity index (χ0n) is 7.95. The highest BCUT2D eigenvalue weighted by Crippen LogP contribution is 2.19. The zero-order chi connectivity index (χ0) is 8.97. The van der Waals surface area contributed by atoms with Crippen LogP contribution in [0, 0.1) is 0 Å². The summed E-state index contributed by atoms with van der Waals surface area (Å²) < 4.78 is 10.7. The van der Waals surface area contributed by atoms with Gasteiger partial charge < -0.3 is 8.92 Å². The highest BCUT2D eigenvalue weighted by atomic mass is 32.2. The van der Waals surface area contributed by atoms with E-state index in [4.69, 9.17) is 8.92 Å². The predicted molar refractivity (Wildman–Crippen MR) is 51.3 cm³/mol. The Kier molecular flexibility index (Phi) is 4.35. The van der Waals surface area contributed by atoms with Gasteiger partial charge in [0.2, 0.25) is 0 Å². The number of methoxy groups -OCH3 is 1. The van der Waals surface area contributed by atoms with Gasteiger partial charge in [0.25, 0.3) is 0 Å². The van der Waals surface area contributed by atoms with Crippen molar-refractivity contribution in [3.8, 4) is 0 Å². The van der Waals surface area contributed by atoms with E-state index in [0.29, 0.717) is 12.1 Å². The molecule has 72 valence electrons. The van der Waals surface area contributed by atoms with Crippen LogP contribution in [-0.4, -0.2) is 50.6 Å². The Morgan fingerprint density at radius 3 is 2.92 bits per heavy atom. The topological polar surface area (TPSA) is 21.7 Å². The van der Waals surface area contributed by atoms with Gasteiger partial charge in [0.05, 0.1) is 18.8 Å². The highest BCUT2D eigenvalue weighted by Gasteiger charge is 2.31. The second kappa shape index (κ2) is 5.07. The third-order valence-corrected chi connectivity index (χ3v) is 2.79. The molecule has 3 nitrogen and oxygen atoms in total. The van der Waals surface area contributed by atoms with E-state index in [1.165, 1.54) is 12.0 Å². The molecule has 0 radical (unpaired) electrons. The van der Waals surface area contributed by atoms with Gasteiger partial charge in [0.15, 0.2) is 0 Å². The Hall–Kier alpha value is 0.230. The molecule has 1 saturated heterocycles. The van der Waals surface area contributed by atoms with Crippen LogP contribution < -0.4 is 0 Å². The van der Waals surface area contributed by atoms with Crippen molar-refractivity contribution in [3.63, 3.8) is 0 Å². The molecule has 2 atom stereocenters. The van der Waals surface area contributed by atoms with Crippen molar-refractivity contribution in [1.29, 1.82) is 0 Å². The first-order valence-corrected chi connectivity index (χ1v) is 5.33. The maximum absolute atomic E-state index is 5.36. The monoisotopic (exact) mass is 191 g/mol. The van der Waals surface area contributed by atoms with E-state index < -0.39 is 0 Å². The summed E-state index contributed by atoms with van der Waals surface area (Å²) in [6.07, 6.45) is 3.41. The molecular formula is C8H17NO2S. The summed E-state index contributed by atoms with van der Waals surface area (Å²) in [6, 6.07) is 0.433. The summed E-state index contributed by atoms with van der Waals surface area (Å²) in [7, 11) is 3.89. The molecule has 1 aliphatic rings. The smallest absolute Gasteiger partial charge is 0.0794 e. The van der Waals surface area contributed by atoms with E-state index in [1.54, 1.807) is 7.11 Å². The Balaban J connectivity index is 2.35. The molecule has 0 saturated carbocycles. The maximum Gasteiger partial charge on any atom is 0.0794 e. The minimum Gasteiger partial charge on any atom is -0.380 e. The lowest BCUT2D eigenvalue weighted by molar-refractivity contribution is 0.0539. The van der Waals surface area contributed by atoms with Crippen LogP contribution in [0.15, 0.2) is 0 Å². The van der Waals surface area contributed by atoms with Gasteiger partial charge in [0, 0.05) is 19.9 Å². The SMILES string of the molecule is COC1CCN(C)C1COSC. The molecule has 0 aromatic carbocycles. The van der Waals surface area contributed by atoms with E-state index in [9.17, 15) is 0 Å². The number of nitrogens with zero attached hydrogens (tertiary/aromatic N) is 1. The van der Waals surface area contributed by atoms with Crippen molar-refractivity contribution in [2.45, 2.75) is 18.6 Å². The van der Waals surface area contributed by atoms with E-state index in [2.05, 4.69) is 11.9 Å². The van der Waals surface area contributed by atoms with Crippen molar-refractivity contribution < 1.29 is 8.92 Å². The van der Waals surface area contributed by atoms with Crippen LogP contribution in [-0.2, 0) is 8.92 Å². The average Bonchev–Trinajstić information content (AvgIpc) is 2.43. The van der Waals surface area contributed by atoms with Crippen molar-refractivity contribution in [1.82, 2.24) is 4.90 Å². The van der Waals surface area contributed by atoms with E-state index >= 15 is 0 Å².